The lowest BCUT2D eigenvalue weighted by Crippen LogP contribution is -2.39. The highest BCUT2D eigenvalue weighted by Crippen LogP contribution is 2.28. The lowest BCUT2D eigenvalue weighted by molar-refractivity contribution is -0.116. The Kier molecular flexibility index (Phi) is 5.33. The third kappa shape index (κ3) is 4.33. The number of nitrogens with one attached hydrogen (secondary N) is 3. The molecular formula is C16H20BrN3O4S. The second-order valence-electron chi connectivity index (χ2n) is 6.42. The molecule has 0 radical (unpaired) electrons. The Morgan fingerprint density at radius 1 is 1.28 bits per heavy atom. The van der Waals surface area contributed by atoms with Crippen LogP contribution in [-0.2, 0) is 14.6 Å². The van der Waals surface area contributed by atoms with E-state index in [2.05, 4.69) is 31.9 Å². The van der Waals surface area contributed by atoms with Gasteiger partial charge >= 0.3 is 6.03 Å². The van der Waals surface area contributed by atoms with Crippen LogP contribution in [0.3, 0.4) is 0 Å². The monoisotopic (exact) mass is 429 g/mol. The fourth-order valence-corrected chi connectivity index (χ4v) is 6.09. The van der Waals surface area contributed by atoms with Crippen LogP contribution in [0.2, 0.25) is 0 Å². The Hall–Kier alpha value is -1.61. The zero-order valence-electron chi connectivity index (χ0n) is 13.5. The van der Waals surface area contributed by atoms with Gasteiger partial charge < -0.3 is 16.0 Å². The number of rotatable bonds is 6. The fourth-order valence-electron chi connectivity index (χ4n) is 3.43. The van der Waals surface area contributed by atoms with Gasteiger partial charge in [-0.1, -0.05) is 28.4 Å². The van der Waals surface area contributed by atoms with Crippen LogP contribution in [0.4, 0.5) is 10.5 Å². The maximum absolute atomic E-state index is 12.2. The maximum Gasteiger partial charge on any atom is 0.315 e. The highest BCUT2D eigenvalue weighted by molar-refractivity contribution is 9.10. The minimum Gasteiger partial charge on any atom is -0.332 e. The minimum absolute atomic E-state index is 0.00948. The molecule has 0 saturated carbocycles. The number of benzene rings is 1. The van der Waals surface area contributed by atoms with Crippen LogP contribution < -0.4 is 16.0 Å². The van der Waals surface area contributed by atoms with Crippen molar-refractivity contribution in [2.75, 3.05) is 11.1 Å². The molecule has 25 heavy (non-hydrogen) atoms. The summed E-state index contributed by atoms with van der Waals surface area (Å²) < 4.78 is 25.3. The van der Waals surface area contributed by atoms with Crippen molar-refractivity contribution >= 4 is 43.4 Å². The third-order valence-electron chi connectivity index (χ3n) is 4.57. The van der Waals surface area contributed by atoms with Crippen LogP contribution in [0.5, 0.6) is 0 Å². The van der Waals surface area contributed by atoms with Gasteiger partial charge in [0, 0.05) is 16.6 Å². The highest BCUT2D eigenvalue weighted by Gasteiger charge is 2.51. The standard InChI is InChI=1S/C16H20BrN3O4S/c17-10-4-3-5-11(8-10)18-14(21)7-2-1-6-13-15-12(9-25(13,23)24)19-16(22)20-15/h3-5,8,12-13,15H,1-2,6-7,9H2,(H,18,21)(H2,19,20,22)/t12-,13-,15+/m1/s1. The summed E-state index contributed by atoms with van der Waals surface area (Å²) in [5.41, 5.74) is 0.723. The molecule has 2 aliphatic heterocycles. The number of unbranched alkanes of at least 4 members (excludes halogenated alkanes) is 1. The number of anilines is 1. The molecule has 3 atom stereocenters. The van der Waals surface area contributed by atoms with Gasteiger partial charge in [0.1, 0.15) is 0 Å². The van der Waals surface area contributed by atoms with Gasteiger partial charge in [-0.05, 0) is 31.0 Å². The summed E-state index contributed by atoms with van der Waals surface area (Å²) in [6.45, 7) is 0. The van der Waals surface area contributed by atoms with Crippen LogP contribution in [0.1, 0.15) is 25.7 Å². The van der Waals surface area contributed by atoms with Gasteiger partial charge in [0.2, 0.25) is 5.91 Å². The minimum atomic E-state index is -3.21. The molecule has 9 heteroatoms. The molecule has 7 nitrogen and oxygen atoms in total. The average Bonchev–Trinajstić information content (AvgIpc) is 2.96. The van der Waals surface area contributed by atoms with E-state index in [1.807, 2.05) is 24.3 Å². The molecule has 0 aliphatic carbocycles. The normalized spacial score (nSPS) is 26.6. The van der Waals surface area contributed by atoms with E-state index in [0.29, 0.717) is 25.7 Å². The lowest BCUT2D eigenvalue weighted by Gasteiger charge is -2.16. The summed E-state index contributed by atoms with van der Waals surface area (Å²) in [6.07, 6.45) is 2.01. The second kappa shape index (κ2) is 7.33. The van der Waals surface area contributed by atoms with Crippen LogP contribution in [0.15, 0.2) is 28.7 Å². The first-order chi connectivity index (χ1) is 11.8. The number of amides is 3. The molecule has 2 aliphatic rings. The lowest BCUT2D eigenvalue weighted by atomic mass is 10.0. The topological polar surface area (TPSA) is 104 Å². The molecule has 0 aromatic heterocycles. The van der Waals surface area contributed by atoms with Gasteiger partial charge in [0.25, 0.3) is 0 Å². The Morgan fingerprint density at radius 3 is 2.84 bits per heavy atom. The number of carbonyl (C=O) groups excluding carboxylic acids is 2. The van der Waals surface area contributed by atoms with Gasteiger partial charge in [0.15, 0.2) is 9.84 Å². The van der Waals surface area contributed by atoms with Crippen molar-refractivity contribution in [3.05, 3.63) is 28.7 Å². The SMILES string of the molecule is O=C(CCCC[C@@H]1[C@H]2NC(=O)N[C@@H]2CS1(=O)=O)Nc1cccc(Br)c1. The maximum atomic E-state index is 12.2. The van der Waals surface area contributed by atoms with E-state index in [9.17, 15) is 18.0 Å². The quantitative estimate of drug-likeness (QED) is 0.473. The second-order valence-corrected chi connectivity index (χ2v) is 9.60. The highest BCUT2D eigenvalue weighted by atomic mass is 79.9. The summed E-state index contributed by atoms with van der Waals surface area (Å²) in [5, 5.41) is 7.59. The third-order valence-corrected chi connectivity index (χ3v) is 7.34. The Labute approximate surface area is 155 Å². The van der Waals surface area contributed by atoms with Crippen molar-refractivity contribution in [1.82, 2.24) is 10.6 Å². The molecule has 2 fully saturated rings. The van der Waals surface area contributed by atoms with Crippen molar-refractivity contribution in [3.63, 3.8) is 0 Å². The Balaban J connectivity index is 1.45. The molecule has 2 heterocycles. The molecule has 136 valence electrons. The van der Waals surface area contributed by atoms with Crippen molar-refractivity contribution < 1.29 is 18.0 Å². The van der Waals surface area contributed by atoms with E-state index in [4.69, 9.17) is 0 Å². The molecule has 0 bridgehead atoms. The molecule has 1 aromatic carbocycles. The molecule has 2 saturated heterocycles. The van der Waals surface area contributed by atoms with E-state index in [0.717, 1.165) is 10.2 Å². The van der Waals surface area contributed by atoms with Crippen LogP contribution in [-0.4, -0.2) is 43.4 Å². The van der Waals surface area contributed by atoms with Crippen molar-refractivity contribution in [1.29, 1.82) is 0 Å². The summed E-state index contributed by atoms with van der Waals surface area (Å²) in [7, 11) is -3.21. The number of halogens is 1. The Bertz CT molecular complexity index is 783. The van der Waals surface area contributed by atoms with E-state index in [-0.39, 0.29) is 29.8 Å². The molecule has 3 amide bonds. The fraction of sp³-hybridized carbons (Fsp3) is 0.500. The van der Waals surface area contributed by atoms with Gasteiger partial charge in [-0.3, -0.25) is 4.79 Å². The predicted molar refractivity (Wildman–Crippen MR) is 98.1 cm³/mol. The van der Waals surface area contributed by atoms with E-state index in [1.165, 1.54) is 0 Å². The van der Waals surface area contributed by atoms with Gasteiger partial charge in [-0.25, -0.2) is 13.2 Å². The molecule has 0 spiro atoms. The molecule has 3 rings (SSSR count). The number of hydrogen-bond donors (Lipinski definition) is 3. The number of fused-ring (bicyclic) bond motifs is 1. The number of urea groups is 1. The summed E-state index contributed by atoms with van der Waals surface area (Å²) in [6, 6.07) is 6.36. The number of hydrogen-bond acceptors (Lipinski definition) is 4. The average molecular weight is 430 g/mol. The zero-order valence-corrected chi connectivity index (χ0v) is 15.9. The first kappa shape index (κ1) is 18.2. The smallest absolute Gasteiger partial charge is 0.315 e. The van der Waals surface area contributed by atoms with Crippen molar-refractivity contribution in [3.8, 4) is 0 Å². The first-order valence-corrected chi connectivity index (χ1v) is 10.7. The number of sulfone groups is 1. The Morgan fingerprint density at radius 2 is 2.08 bits per heavy atom. The summed E-state index contributed by atoms with van der Waals surface area (Å²) in [4.78, 5) is 23.3. The van der Waals surface area contributed by atoms with E-state index < -0.39 is 15.1 Å². The number of carbonyl (C=O) groups is 2. The van der Waals surface area contributed by atoms with Gasteiger partial charge in [-0.2, -0.15) is 0 Å². The molecule has 3 N–H and O–H groups in total. The summed E-state index contributed by atoms with van der Waals surface area (Å²) in [5.74, 6) is -0.106. The van der Waals surface area contributed by atoms with Crippen LogP contribution in [0, 0.1) is 0 Å². The molecular weight excluding hydrogens is 410 g/mol. The van der Waals surface area contributed by atoms with Gasteiger partial charge in [0.05, 0.1) is 23.1 Å². The molecule has 0 unspecified atom stereocenters. The predicted octanol–water partition coefficient (Wildman–Crippen LogP) is 1.80. The van der Waals surface area contributed by atoms with Crippen molar-refractivity contribution in [2.45, 2.75) is 43.0 Å². The van der Waals surface area contributed by atoms with E-state index >= 15 is 0 Å². The van der Waals surface area contributed by atoms with Crippen LogP contribution >= 0.6 is 15.9 Å². The van der Waals surface area contributed by atoms with Gasteiger partial charge in [-0.15, -0.1) is 0 Å². The largest absolute Gasteiger partial charge is 0.332 e. The van der Waals surface area contributed by atoms with E-state index in [1.54, 1.807) is 0 Å². The zero-order chi connectivity index (χ0) is 18.0. The summed E-state index contributed by atoms with van der Waals surface area (Å²) >= 11 is 3.35. The molecule has 1 aromatic rings. The van der Waals surface area contributed by atoms with Crippen molar-refractivity contribution in [2.24, 2.45) is 0 Å². The van der Waals surface area contributed by atoms with Crippen LogP contribution in [0.25, 0.3) is 0 Å². The first-order valence-electron chi connectivity index (χ1n) is 8.19.